The Labute approximate surface area is 151 Å². The van der Waals surface area contributed by atoms with Crippen molar-refractivity contribution >= 4 is 17.8 Å². The van der Waals surface area contributed by atoms with Crippen molar-refractivity contribution in [3.05, 3.63) is 71.8 Å². The van der Waals surface area contributed by atoms with Gasteiger partial charge in [-0.3, -0.25) is 14.5 Å². The van der Waals surface area contributed by atoms with Crippen LogP contribution in [-0.2, 0) is 11.3 Å². The molecule has 132 valence electrons. The van der Waals surface area contributed by atoms with Gasteiger partial charge in [-0.25, -0.2) is 4.79 Å². The molecular weight excluding hydrogens is 330 g/mol. The fourth-order valence-corrected chi connectivity index (χ4v) is 3.64. The van der Waals surface area contributed by atoms with Gasteiger partial charge >= 0.3 is 6.03 Å². The Balaban J connectivity index is 1.58. The molecule has 2 fully saturated rings. The molecule has 1 N–H and O–H groups in total. The van der Waals surface area contributed by atoms with Crippen LogP contribution in [0, 0.1) is 0 Å². The van der Waals surface area contributed by atoms with E-state index in [9.17, 15) is 14.4 Å². The molecule has 0 aliphatic carbocycles. The third kappa shape index (κ3) is 2.83. The second-order valence-corrected chi connectivity index (χ2v) is 6.56. The van der Waals surface area contributed by atoms with E-state index in [0.29, 0.717) is 18.5 Å². The van der Waals surface area contributed by atoms with E-state index in [0.717, 1.165) is 5.56 Å². The van der Waals surface area contributed by atoms with Crippen LogP contribution in [0.25, 0.3) is 0 Å². The van der Waals surface area contributed by atoms with Crippen molar-refractivity contribution in [2.45, 2.75) is 25.0 Å². The van der Waals surface area contributed by atoms with E-state index < -0.39 is 12.1 Å². The van der Waals surface area contributed by atoms with E-state index in [1.165, 1.54) is 4.90 Å². The molecular formula is C20H19N3O3. The molecule has 0 bridgehead atoms. The number of amides is 4. The molecule has 2 aliphatic heterocycles. The first-order valence-corrected chi connectivity index (χ1v) is 8.67. The monoisotopic (exact) mass is 349 g/mol. The number of nitrogens with one attached hydrogen (secondary N) is 1. The second kappa shape index (κ2) is 6.63. The summed E-state index contributed by atoms with van der Waals surface area (Å²) in [6, 6.07) is 16.9. The molecule has 4 rings (SSSR count). The SMILES string of the molecule is O=C1N[C@@H]2CCN(C(=O)c3ccccc3)[C@H]2C(=O)N1Cc1ccccc1. The minimum atomic E-state index is -0.649. The Morgan fingerprint density at radius 2 is 1.65 bits per heavy atom. The molecule has 2 heterocycles. The molecule has 4 amide bonds. The predicted octanol–water partition coefficient (Wildman–Crippen LogP) is 2.02. The number of urea groups is 1. The highest BCUT2D eigenvalue weighted by atomic mass is 16.2. The van der Waals surface area contributed by atoms with Crippen LogP contribution >= 0.6 is 0 Å². The largest absolute Gasteiger partial charge is 0.332 e. The van der Waals surface area contributed by atoms with Crippen molar-refractivity contribution in [1.29, 1.82) is 0 Å². The molecule has 2 atom stereocenters. The van der Waals surface area contributed by atoms with E-state index in [4.69, 9.17) is 0 Å². The van der Waals surface area contributed by atoms with E-state index in [1.807, 2.05) is 36.4 Å². The summed E-state index contributed by atoms with van der Waals surface area (Å²) in [5.41, 5.74) is 1.42. The number of benzene rings is 2. The molecule has 2 aromatic carbocycles. The number of fused-ring (bicyclic) bond motifs is 1. The Bertz CT molecular complexity index is 838. The van der Waals surface area contributed by atoms with E-state index >= 15 is 0 Å². The molecule has 0 saturated carbocycles. The molecule has 2 aliphatic rings. The maximum Gasteiger partial charge on any atom is 0.324 e. The molecule has 26 heavy (non-hydrogen) atoms. The van der Waals surface area contributed by atoms with Crippen LogP contribution in [0.3, 0.4) is 0 Å². The lowest BCUT2D eigenvalue weighted by Crippen LogP contribution is -2.64. The average molecular weight is 349 g/mol. The van der Waals surface area contributed by atoms with E-state index in [2.05, 4.69) is 5.32 Å². The van der Waals surface area contributed by atoms with Crippen molar-refractivity contribution in [2.24, 2.45) is 0 Å². The first-order valence-electron chi connectivity index (χ1n) is 8.67. The minimum Gasteiger partial charge on any atom is -0.332 e. The van der Waals surface area contributed by atoms with Gasteiger partial charge in [0.25, 0.3) is 11.8 Å². The van der Waals surface area contributed by atoms with E-state index in [-0.39, 0.29) is 24.4 Å². The van der Waals surface area contributed by atoms with Gasteiger partial charge < -0.3 is 10.2 Å². The van der Waals surface area contributed by atoms with Crippen LogP contribution in [0.4, 0.5) is 4.79 Å². The predicted molar refractivity (Wildman–Crippen MR) is 95.2 cm³/mol. The molecule has 0 unspecified atom stereocenters. The first-order chi connectivity index (χ1) is 12.6. The molecule has 2 saturated heterocycles. The Morgan fingerprint density at radius 1 is 1.00 bits per heavy atom. The lowest BCUT2D eigenvalue weighted by Gasteiger charge is -2.37. The van der Waals surface area contributed by atoms with Gasteiger partial charge in [-0.15, -0.1) is 0 Å². The number of carbonyl (C=O) groups is 3. The zero-order valence-electron chi connectivity index (χ0n) is 14.2. The van der Waals surface area contributed by atoms with Gasteiger partial charge in [0.1, 0.15) is 6.04 Å². The summed E-state index contributed by atoms with van der Waals surface area (Å²) in [7, 11) is 0. The van der Waals surface area contributed by atoms with Crippen molar-refractivity contribution in [3.63, 3.8) is 0 Å². The zero-order chi connectivity index (χ0) is 18.1. The first kappa shape index (κ1) is 16.3. The normalized spacial score (nSPS) is 22.2. The van der Waals surface area contributed by atoms with Crippen molar-refractivity contribution in [3.8, 4) is 0 Å². The van der Waals surface area contributed by atoms with Gasteiger partial charge in [0, 0.05) is 12.1 Å². The Morgan fingerprint density at radius 3 is 2.35 bits per heavy atom. The van der Waals surface area contributed by atoms with Crippen LogP contribution in [0.15, 0.2) is 60.7 Å². The van der Waals surface area contributed by atoms with Crippen LogP contribution in [-0.4, -0.2) is 46.3 Å². The number of hydrogen-bond donors (Lipinski definition) is 1. The van der Waals surface area contributed by atoms with Gasteiger partial charge in [0.15, 0.2) is 0 Å². The quantitative estimate of drug-likeness (QED) is 0.922. The van der Waals surface area contributed by atoms with Crippen LogP contribution in [0.1, 0.15) is 22.3 Å². The number of nitrogens with zero attached hydrogens (tertiary/aromatic N) is 2. The maximum absolute atomic E-state index is 13.0. The molecule has 2 aromatic rings. The lowest BCUT2D eigenvalue weighted by atomic mass is 10.0. The number of rotatable bonds is 3. The molecule has 6 nitrogen and oxygen atoms in total. The molecule has 0 spiro atoms. The van der Waals surface area contributed by atoms with Crippen LogP contribution in [0.5, 0.6) is 0 Å². The smallest absolute Gasteiger partial charge is 0.324 e. The minimum absolute atomic E-state index is 0.178. The number of likely N-dealkylation sites (tertiary alicyclic amines) is 1. The highest BCUT2D eigenvalue weighted by molar-refractivity contribution is 6.04. The van der Waals surface area contributed by atoms with Crippen LogP contribution in [0.2, 0.25) is 0 Å². The maximum atomic E-state index is 13.0. The summed E-state index contributed by atoms with van der Waals surface area (Å²) in [5, 5.41) is 2.89. The third-order valence-corrected chi connectivity index (χ3v) is 4.94. The number of carbonyl (C=O) groups excluding carboxylic acids is 3. The van der Waals surface area contributed by atoms with Crippen molar-refractivity contribution in [1.82, 2.24) is 15.1 Å². The Kier molecular flexibility index (Phi) is 4.16. The fourth-order valence-electron chi connectivity index (χ4n) is 3.64. The zero-order valence-corrected chi connectivity index (χ0v) is 14.2. The van der Waals surface area contributed by atoms with Gasteiger partial charge in [-0.05, 0) is 24.1 Å². The summed E-state index contributed by atoms with van der Waals surface area (Å²) in [6.07, 6.45) is 0.583. The molecule has 0 aromatic heterocycles. The highest BCUT2D eigenvalue weighted by Crippen LogP contribution is 2.26. The van der Waals surface area contributed by atoms with Crippen molar-refractivity contribution in [2.75, 3.05) is 6.54 Å². The standard InChI is InChI=1S/C20H19N3O3/c24-18(15-9-5-2-6-10-15)22-12-11-16-17(22)19(25)23(20(26)21-16)13-14-7-3-1-4-8-14/h1-10,16-17H,11-13H2,(H,21,26)/t16-,17-/m1/s1. The van der Waals surface area contributed by atoms with Gasteiger partial charge in [0.05, 0.1) is 12.6 Å². The highest BCUT2D eigenvalue weighted by Gasteiger charge is 2.49. The number of imide groups is 1. The van der Waals surface area contributed by atoms with Gasteiger partial charge in [-0.1, -0.05) is 48.5 Å². The lowest BCUT2D eigenvalue weighted by molar-refractivity contribution is -0.134. The van der Waals surface area contributed by atoms with E-state index in [1.54, 1.807) is 29.2 Å². The summed E-state index contributed by atoms with van der Waals surface area (Å²) in [4.78, 5) is 41.0. The number of hydrogen-bond acceptors (Lipinski definition) is 3. The summed E-state index contributed by atoms with van der Waals surface area (Å²) in [5.74, 6) is -0.494. The summed E-state index contributed by atoms with van der Waals surface area (Å²) in [6.45, 7) is 0.649. The second-order valence-electron chi connectivity index (χ2n) is 6.56. The average Bonchev–Trinajstić information content (AvgIpc) is 3.10. The topological polar surface area (TPSA) is 69.7 Å². The van der Waals surface area contributed by atoms with Crippen LogP contribution < -0.4 is 5.32 Å². The van der Waals surface area contributed by atoms with Crippen molar-refractivity contribution < 1.29 is 14.4 Å². The van der Waals surface area contributed by atoms with Gasteiger partial charge in [0.2, 0.25) is 0 Å². The Hall–Kier alpha value is -3.15. The molecule has 6 heteroatoms. The molecule has 0 radical (unpaired) electrons. The third-order valence-electron chi connectivity index (χ3n) is 4.94. The summed E-state index contributed by atoms with van der Waals surface area (Å²) < 4.78 is 0. The fraction of sp³-hybridized carbons (Fsp3) is 0.250. The van der Waals surface area contributed by atoms with Gasteiger partial charge in [-0.2, -0.15) is 0 Å². The summed E-state index contributed by atoms with van der Waals surface area (Å²) >= 11 is 0.